The Labute approximate surface area is 98.9 Å². The van der Waals surface area contributed by atoms with Gasteiger partial charge >= 0.3 is 29.6 Å². The van der Waals surface area contributed by atoms with E-state index in [0.29, 0.717) is 0 Å². The Morgan fingerprint density at radius 1 is 1.46 bits per heavy atom. The van der Waals surface area contributed by atoms with Crippen molar-refractivity contribution in [2.24, 2.45) is 0 Å². The molecule has 1 N–H and O–H groups in total. The predicted molar refractivity (Wildman–Crippen MR) is 39.5 cm³/mol. The third-order valence-electron chi connectivity index (χ3n) is 1.36. The summed E-state index contributed by atoms with van der Waals surface area (Å²) in [6.07, 6.45) is -0.0708. The largest absolute Gasteiger partial charge is 1.00 e. The number of carboxylic acids is 1. The van der Waals surface area contributed by atoms with Crippen LogP contribution < -0.4 is 34.7 Å². The molecule has 5 nitrogen and oxygen atoms in total. The summed E-state index contributed by atoms with van der Waals surface area (Å²) in [5.41, 5.74) is -0.458. The van der Waals surface area contributed by atoms with Crippen LogP contribution >= 0.6 is 0 Å². The Kier molecular flexibility index (Phi) is 6.91. The van der Waals surface area contributed by atoms with E-state index in [0.717, 1.165) is 6.92 Å². The van der Waals surface area contributed by atoms with Gasteiger partial charge in [0, 0.05) is 0 Å². The molecular formula is C6H9NaO5S. The summed E-state index contributed by atoms with van der Waals surface area (Å²) >= 11 is 0. The molecule has 0 spiro atoms. The molecule has 0 bridgehead atoms. The van der Waals surface area contributed by atoms with Crippen molar-refractivity contribution < 1.29 is 52.4 Å². The van der Waals surface area contributed by atoms with Crippen LogP contribution in [0.25, 0.3) is 0 Å². The van der Waals surface area contributed by atoms with Crippen LogP contribution in [0.5, 0.6) is 0 Å². The van der Waals surface area contributed by atoms with Crippen molar-refractivity contribution in [3.8, 4) is 0 Å². The molecule has 0 aromatic heterocycles. The molecule has 0 amide bonds. The molecule has 0 aromatic carbocycles. The van der Waals surface area contributed by atoms with E-state index >= 15 is 0 Å². The Balaban J connectivity index is 0. The molecule has 0 aliphatic carbocycles. The summed E-state index contributed by atoms with van der Waals surface area (Å²) in [6, 6.07) is 0. The minimum absolute atomic E-state index is 0. The smallest absolute Gasteiger partial charge is 0.545 e. The minimum atomic E-state index is -4.40. The fourth-order valence-corrected chi connectivity index (χ4v) is 1.59. The Morgan fingerprint density at radius 3 is 1.92 bits per heavy atom. The molecule has 70 valence electrons. The van der Waals surface area contributed by atoms with Gasteiger partial charge in [-0.25, -0.2) is 0 Å². The first-order valence-corrected chi connectivity index (χ1v) is 4.63. The minimum Gasteiger partial charge on any atom is -0.545 e. The number of carbonyl (C=O) groups is 1. The molecule has 0 unspecified atom stereocenters. The molecule has 0 heterocycles. The number of hydrogen-bond donors (Lipinski definition) is 1. The van der Waals surface area contributed by atoms with Crippen LogP contribution in [0.15, 0.2) is 10.5 Å². The molecule has 0 fully saturated rings. The maximum Gasteiger partial charge on any atom is 1.00 e. The van der Waals surface area contributed by atoms with E-state index in [1.54, 1.807) is 0 Å². The van der Waals surface area contributed by atoms with Crippen LogP contribution in [-0.4, -0.2) is 18.9 Å². The van der Waals surface area contributed by atoms with Gasteiger partial charge in [-0.1, -0.05) is 6.92 Å². The molecule has 0 aromatic rings. The molecule has 0 atom stereocenters. The zero-order valence-electron chi connectivity index (χ0n) is 7.70. The number of carboxylic acid groups (broad SMARTS) is 1. The van der Waals surface area contributed by atoms with E-state index in [1.165, 1.54) is 6.92 Å². The third kappa shape index (κ3) is 4.78. The van der Waals surface area contributed by atoms with E-state index < -0.39 is 26.6 Å². The van der Waals surface area contributed by atoms with Crippen molar-refractivity contribution >= 4 is 16.1 Å². The van der Waals surface area contributed by atoms with Gasteiger partial charge in [0.1, 0.15) is 0 Å². The van der Waals surface area contributed by atoms with Gasteiger partial charge < -0.3 is 9.90 Å². The van der Waals surface area contributed by atoms with Gasteiger partial charge in [0.05, 0.1) is 10.9 Å². The number of aliphatic carboxylic acids is 1. The number of allylic oxidation sites excluding steroid dienone is 1. The first-order valence-electron chi connectivity index (χ1n) is 3.19. The van der Waals surface area contributed by atoms with E-state index in [4.69, 9.17) is 4.55 Å². The number of rotatable bonds is 3. The molecule has 0 radical (unpaired) electrons. The van der Waals surface area contributed by atoms with Gasteiger partial charge in [0.2, 0.25) is 0 Å². The summed E-state index contributed by atoms with van der Waals surface area (Å²) in [7, 11) is -4.40. The van der Waals surface area contributed by atoms with Crippen molar-refractivity contribution in [2.45, 2.75) is 20.3 Å². The summed E-state index contributed by atoms with van der Waals surface area (Å²) < 4.78 is 29.5. The molecule has 0 saturated heterocycles. The van der Waals surface area contributed by atoms with Crippen molar-refractivity contribution in [1.29, 1.82) is 0 Å². The third-order valence-corrected chi connectivity index (χ3v) is 2.57. The molecule has 7 heteroatoms. The van der Waals surface area contributed by atoms with Crippen LogP contribution in [-0.2, 0) is 14.9 Å². The van der Waals surface area contributed by atoms with Crippen molar-refractivity contribution in [3.63, 3.8) is 0 Å². The number of carbonyl (C=O) groups excluding carboxylic acids is 1. The Morgan fingerprint density at radius 2 is 1.85 bits per heavy atom. The molecule has 0 aliphatic heterocycles. The van der Waals surface area contributed by atoms with Crippen LogP contribution in [0, 0.1) is 0 Å². The average Bonchev–Trinajstić information content (AvgIpc) is 1.85. The second-order valence-electron chi connectivity index (χ2n) is 2.16. The van der Waals surface area contributed by atoms with E-state index in [-0.39, 0.29) is 36.0 Å². The second kappa shape index (κ2) is 5.77. The van der Waals surface area contributed by atoms with Gasteiger partial charge in [-0.3, -0.25) is 4.55 Å². The van der Waals surface area contributed by atoms with Crippen LogP contribution in [0.2, 0.25) is 0 Å². The predicted octanol–water partition coefficient (Wildman–Crippen LogP) is -3.69. The monoisotopic (exact) mass is 216 g/mol. The summed E-state index contributed by atoms with van der Waals surface area (Å²) in [4.78, 5) is 9.69. The normalized spacial score (nSPS) is 12.8. The van der Waals surface area contributed by atoms with E-state index in [9.17, 15) is 18.3 Å². The van der Waals surface area contributed by atoms with Crippen molar-refractivity contribution in [3.05, 3.63) is 10.5 Å². The van der Waals surface area contributed by atoms with Gasteiger partial charge in [-0.2, -0.15) is 8.42 Å². The maximum atomic E-state index is 10.5. The van der Waals surface area contributed by atoms with Gasteiger partial charge in [-0.05, 0) is 18.9 Å². The standard InChI is InChI=1S/C6H10O5S.Na/c1-3-5(12(9,10)11)4(2)6(7)8;/h3H2,1-2H3,(H,7,8)(H,9,10,11);/q;+1/p-1/b5-4+;. The fourth-order valence-electron chi connectivity index (χ4n) is 0.755. The van der Waals surface area contributed by atoms with E-state index in [1.807, 2.05) is 0 Å². The van der Waals surface area contributed by atoms with Crippen LogP contribution in [0.3, 0.4) is 0 Å². The molecule has 0 rings (SSSR count). The topological polar surface area (TPSA) is 94.5 Å². The summed E-state index contributed by atoms with van der Waals surface area (Å²) in [5.74, 6) is -1.59. The van der Waals surface area contributed by atoms with Crippen molar-refractivity contribution in [1.82, 2.24) is 0 Å². The van der Waals surface area contributed by atoms with E-state index in [2.05, 4.69) is 0 Å². The number of hydrogen-bond acceptors (Lipinski definition) is 4. The quantitative estimate of drug-likeness (QED) is 0.298. The molecular weight excluding hydrogens is 207 g/mol. The first kappa shape index (κ1) is 15.6. The molecule has 0 saturated carbocycles. The zero-order chi connectivity index (χ0) is 9.94. The maximum absolute atomic E-state index is 10.5. The Hall–Kier alpha value is 0.120. The van der Waals surface area contributed by atoms with Gasteiger partial charge in [0.15, 0.2) is 0 Å². The van der Waals surface area contributed by atoms with Crippen LogP contribution in [0.1, 0.15) is 20.3 Å². The summed E-state index contributed by atoms with van der Waals surface area (Å²) in [6.45, 7) is 2.50. The molecule has 13 heavy (non-hydrogen) atoms. The van der Waals surface area contributed by atoms with Gasteiger partial charge in [0.25, 0.3) is 10.1 Å². The van der Waals surface area contributed by atoms with Crippen molar-refractivity contribution in [2.75, 3.05) is 0 Å². The zero-order valence-corrected chi connectivity index (χ0v) is 10.5. The first-order chi connectivity index (χ1) is 5.30. The molecule has 0 aliphatic rings. The Bertz CT molecular complexity index is 316. The fraction of sp³-hybridized carbons (Fsp3) is 0.500. The SMILES string of the molecule is CC/C(=C(/C)C(=O)[O-])S(=O)(=O)O.[Na+]. The summed E-state index contributed by atoms with van der Waals surface area (Å²) in [5, 5.41) is 10.2. The second-order valence-corrected chi connectivity index (χ2v) is 3.61. The van der Waals surface area contributed by atoms with Gasteiger partial charge in [-0.15, -0.1) is 0 Å². The van der Waals surface area contributed by atoms with Crippen LogP contribution in [0.4, 0.5) is 0 Å². The average molecular weight is 216 g/mol.